The van der Waals surface area contributed by atoms with Crippen LogP contribution in [0.3, 0.4) is 0 Å². The molecule has 2 aliphatic rings. The van der Waals surface area contributed by atoms with E-state index in [4.69, 9.17) is 4.74 Å². The van der Waals surface area contributed by atoms with Crippen molar-refractivity contribution in [1.29, 1.82) is 5.26 Å². The van der Waals surface area contributed by atoms with Crippen molar-refractivity contribution in [2.24, 2.45) is 11.3 Å². The zero-order valence-corrected chi connectivity index (χ0v) is 10.2. The molecule has 1 saturated carbocycles. The van der Waals surface area contributed by atoms with Gasteiger partial charge >= 0.3 is 0 Å². The van der Waals surface area contributed by atoms with Gasteiger partial charge in [-0.25, -0.2) is 0 Å². The summed E-state index contributed by atoms with van der Waals surface area (Å²) >= 11 is 0. The molecule has 1 aliphatic heterocycles. The molecule has 0 unspecified atom stereocenters. The van der Waals surface area contributed by atoms with Gasteiger partial charge in [-0.05, 0) is 31.6 Å². The Kier molecular flexibility index (Phi) is 4.01. The first-order valence-electron chi connectivity index (χ1n) is 6.54. The van der Waals surface area contributed by atoms with Crippen molar-refractivity contribution in [3.8, 4) is 6.07 Å². The first-order chi connectivity index (χ1) is 8.27. The van der Waals surface area contributed by atoms with E-state index >= 15 is 0 Å². The highest BCUT2D eigenvalue weighted by atomic mass is 16.5. The van der Waals surface area contributed by atoms with Crippen LogP contribution >= 0.6 is 0 Å². The van der Waals surface area contributed by atoms with Gasteiger partial charge in [0.1, 0.15) is 5.41 Å². The largest absolute Gasteiger partial charge is 0.381 e. The SMILES string of the molecule is N#CC1(C(=O)NCC2CCCC2)CCOCC1. The van der Waals surface area contributed by atoms with Crippen LogP contribution in [0.2, 0.25) is 0 Å². The summed E-state index contributed by atoms with van der Waals surface area (Å²) in [6, 6.07) is 2.20. The second kappa shape index (κ2) is 5.50. The Bertz CT molecular complexity index is 310. The summed E-state index contributed by atoms with van der Waals surface area (Å²) in [5.41, 5.74) is -0.836. The van der Waals surface area contributed by atoms with Crippen molar-refractivity contribution in [2.75, 3.05) is 19.8 Å². The van der Waals surface area contributed by atoms with Crippen LogP contribution in [0.1, 0.15) is 38.5 Å². The van der Waals surface area contributed by atoms with Crippen molar-refractivity contribution >= 4 is 5.91 Å². The lowest BCUT2D eigenvalue weighted by atomic mass is 9.81. The van der Waals surface area contributed by atoms with Crippen LogP contribution in [0.5, 0.6) is 0 Å². The van der Waals surface area contributed by atoms with Crippen molar-refractivity contribution in [3.63, 3.8) is 0 Å². The fourth-order valence-corrected chi connectivity index (χ4v) is 2.73. The maximum Gasteiger partial charge on any atom is 0.240 e. The maximum absolute atomic E-state index is 12.1. The Labute approximate surface area is 102 Å². The summed E-state index contributed by atoms with van der Waals surface area (Å²) < 4.78 is 5.22. The molecule has 4 nitrogen and oxygen atoms in total. The normalized spacial score (nSPS) is 24.2. The summed E-state index contributed by atoms with van der Waals surface area (Å²) in [6.45, 7) is 1.78. The van der Waals surface area contributed by atoms with Crippen molar-refractivity contribution in [1.82, 2.24) is 5.32 Å². The lowest BCUT2D eigenvalue weighted by Gasteiger charge is -2.29. The highest BCUT2D eigenvalue weighted by Crippen LogP contribution is 2.30. The minimum Gasteiger partial charge on any atom is -0.381 e. The molecule has 17 heavy (non-hydrogen) atoms. The smallest absolute Gasteiger partial charge is 0.240 e. The fraction of sp³-hybridized carbons (Fsp3) is 0.846. The van der Waals surface area contributed by atoms with Gasteiger partial charge in [-0.3, -0.25) is 4.79 Å². The molecule has 0 aromatic carbocycles. The standard InChI is InChI=1S/C13H20N2O2/c14-10-13(5-7-17-8-6-13)12(16)15-9-11-3-1-2-4-11/h11H,1-9H2,(H,15,16). The van der Waals surface area contributed by atoms with Gasteiger partial charge in [-0.2, -0.15) is 5.26 Å². The van der Waals surface area contributed by atoms with Gasteiger partial charge in [-0.15, -0.1) is 0 Å². The second-order valence-corrected chi connectivity index (χ2v) is 5.17. The van der Waals surface area contributed by atoms with E-state index in [9.17, 15) is 10.1 Å². The minimum absolute atomic E-state index is 0.0878. The van der Waals surface area contributed by atoms with Crippen LogP contribution in [0.25, 0.3) is 0 Å². The average molecular weight is 236 g/mol. The highest BCUT2D eigenvalue weighted by Gasteiger charge is 2.40. The molecule has 0 spiro atoms. The molecule has 1 N–H and O–H groups in total. The Morgan fingerprint density at radius 1 is 1.35 bits per heavy atom. The Hall–Kier alpha value is -1.08. The van der Waals surface area contributed by atoms with Crippen LogP contribution in [-0.2, 0) is 9.53 Å². The lowest BCUT2D eigenvalue weighted by molar-refractivity contribution is -0.132. The molecule has 1 aliphatic carbocycles. The summed E-state index contributed by atoms with van der Waals surface area (Å²) in [7, 11) is 0. The molecule has 2 fully saturated rings. The molecular weight excluding hydrogens is 216 g/mol. The molecule has 0 aromatic heterocycles. The Morgan fingerprint density at radius 3 is 2.59 bits per heavy atom. The number of hydrogen-bond acceptors (Lipinski definition) is 3. The fourth-order valence-electron chi connectivity index (χ4n) is 2.73. The first-order valence-corrected chi connectivity index (χ1v) is 6.54. The zero-order chi connectivity index (χ0) is 12.1. The van der Waals surface area contributed by atoms with Crippen LogP contribution in [-0.4, -0.2) is 25.7 Å². The third-order valence-corrected chi connectivity index (χ3v) is 4.02. The number of ether oxygens (including phenoxy) is 1. The van der Waals surface area contributed by atoms with Crippen LogP contribution in [0, 0.1) is 22.7 Å². The molecule has 0 radical (unpaired) electrons. The average Bonchev–Trinajstić information content (AvgIpc) is 2.90. The summed E-state index contributed by atoms with van der Waals surface area (Å²) in [5.74, 6) is 0.532. The number of rotatable bonds is 3. The quantitative estimate of drug-likeness (QED) is 0.809. The van der Waals surface area contributed by atoms with Gasteiger partial charge in [0.05, 0.1) is 6.07 Å². The predicted molar refractivity (Wildman–Crippen MR) is 63.1 cm³/mol. The van der Waals surface area contributed by atoms with Gasteiger partial charge < -0.3 is 10.1 Å². The number of carbonyl (C=O) groups is 1. The van der Waals surface area contributed by atoms with Gasteiger partial charge in [0.25, 0.3) is 0 Å². The van der Waals surface area contributed by atoms with Gasteiger partial charge in [-0.1, -0.05) is 12.8 Å². The molecule has 0 aromatic rings. The number of hydrogen-bond donors (Lipinski definition) is 1. The van der Waals surface area contributed by atoms with Crippen molar-refractivity contribution < 1.29 is 9.53 Å². The topological polar surface area (TPSA) is 62.1 Å². The van der Waals surface area contributed by atoms with Crippen LogP contribution in [0.15, 0.2) is 0 Å². The molecule has 1 heterocycles. The monoisotopic (exact) mass is 236 g/mol. The van der Waals surface area contributed by atoms with E-state index in [1.807, 2.05) is 0 Å². The number of amides is 1. The van der Waals surface area contributed by atoms with E-state index in [-0.39, 0.29) is 5.91 Å². The van der Waals surface area contributed by atoms with Crippen LogP contribution < -0.4 is 5.32 Å². The summed E-state index contributed by atoms with van der Waals surface area (Å²) in [5, 5.41) is 12.2. The van der Waals surface area contributed by atoms with Crippen molar-refractivity contribution in [2.45, 2.75) is 38.5 Å². The molecular formula is C13H20N2O2. The van der Waals surface area contributed by atoms with E-state index in [1.54, 1.807) is 0 Å². The van der Waals surface area contributed by atoms with Crippen LogP contribution in [0.4, 0.5) is 0 Å². The third-order valence-electron chi connectivity index (χ3n) is 4.02. The van der Waals surface area contributed by atoms with Crippen molar-refractivity contribution in [3.05, 3.63) is 0 Å². The molecule has 2 rings (SSSR count). The number of nitriles is 1. The second-order valence-electron chi connectivity index (χ2n) is 5.17. The van der Waals surface area contributed by atoms with E-state index < -0.39 is 5.41 Å². The van der Waals surface area contributed by atoms with E-state index in [1.165, 1.54) is 25.7 Å². The summed E-state index contributed by atoms with van der Waals surface area (Å²) in [4.78, 5) is 12.1. The number of nitrogens with one attached hydrogen (secondary N) is 1. The number of carbonyl (C=O) groups excluding carboxylic acids is 1. The molecule has 4 heteroatoms. The first kappa shape index (κ1) is 12.4. The highest BCUT2D eigenvalue weighted by molar-refractivity contribution is 5.85. The number of nitrogens with zero attached hydrogens (tertiary/aromatic N) is 1. The Balaban J connectivity index is 1.86. The molecule has 94 valence electrons. The minimum atomic E-state index is -0.836. The Morgan fingerprint density at radius 2 is 2.00 bits per heavy atom. The summed E-state index contributed by atoms with van der Waals surface area (Å²) in [6.07, 6.45) is 6.03. The van der Waals surface area contributed by atoms with E-state index in [0.717, 1.165) is 6.54 Å². The lowest BCUT2D eigenvalue weighted by Crippen LogP contribution is -2.45. The van der Waals surface area contributed by atoms with Gasteiger partial charge in [0.15, 0.2) is 0 Å². The zero-order valence-electron chi connectivity index (χ0n) is 10.2. The molecule has 0 bridgehead atoms. The molecule has 0 atom stereocenters. The van der Waals surface area contributed by atoms with E-state index in [0.29, 0.717) is 32.0 Å². The maximum atomic E-state index is 12.1. The molecule has 1 saturated heterocycles. The van der Waals surface area contributed by atoms with Gasteiger partial charge in [0, 0.05) is 19.8 Å². The molecule has 1 amide bonds. The predicted octanol–water partition coefficient (Wildman–Crippen LogP) is 1.61. The van der Waals surface area contributed by atoms with E-state index in [2.05, 4.69) is 11.4 Å². The van der Waals surface area contributed by atoms with Gasteiger partial charge in [0.2, 0.25) is 5.91 Å². The third kappa shape index (κ3) is 2.78.